The predicted octanol–water partition coefficient (Wildman–Crippen LogP) is 3.46. The molecule has 1 aromatic carbocycles. The monoisotopic (exact) mass is 475 g/mol. The number of amides is 1. The summed E-state index contributed by atoms with van der Waals surface area (Å²) in [7, 11) is 0. The number of halogens is 1. The highest BCUT2D eigenvalue weighted by atomic mass is 32.1. The maximum atomic E-state index is 14.9. The summed E-state index contributed by atoms with van der Waals surface area (Å²) in [5.74, 6) is -0.618. The SMILES string of the molecule is [N-]=[N+]=NC[C@H]1CN(c2ccc(N3CCN(C(=S)c4ccc([N+](=O)[O-])o4)CC3)c(F)c2)C(=O)O1. The van der Waals surface area contributed by atoms with Gasteiger partial charge in [0.05, 0.1) is 30.5 Å². The summed E-state index contributed by atoms with van der Waals surface area (Å²) in [4.78, 5) is 30.3. The zero-order valence-electron chi connectivity index (χ0n) is 17.2. The number of carbonyl (C=O) groups is 1. The van der Waals surface area contributed by atoms with Crippen molar-refractivity contribution >= 4 is 40.6 Å². The Morgan fingerprint density at radius 1 is 1.30 bits per heavy atom. The molecule has 1 atom stereocenters. The van der Waals surface area contributed by atoms with Gasteiger partial charge in [0.2, 0.25) is 0 Å². The highest BCUT2D eigenvalue weighted by Gasteiger charge is 2.32. The van der Waals surface area contributed by atoms with Gasteiger partial charge >= 0.3 is 12.0 Å². The first-order chi connectivity index (χ1) is 15.9. The first kappa shape index (κ1) is 22.3. The topological polar surface area (TPSA) is 141 Å². The van der Waals surface area contributed by atoms with Crippen LogP contribution in [0.25, 0.3) is 10.4 Å². The van der Waals surface area contributed by atoms with Gasteiger partial charge < -0.3 is 19.0 Å². The number of hydrogen-bond donors (Lipinski definition) is 0. The average Bonchev–Trinajstić information content (AvgIpc) is 3.44. The number of hydrogen-bond acceptors (Lipinski definition) is 8. The van der Waals surface area contributed by atoms with Crippen molar-refractivity contribution in [3.05, 3.63) is 62.5 Å². The largest absolute Gasteiger partial charge is 0.444 e. The molecule has 3 heterocycles. The number of furan rings is 1. The van der Waals surface area contributed by atoms with Gasteiger partial charge in [-0.1, -0.05) is 17.3 Å². The standard InChI is InChI=1S/C19H18FN7O5S/c20-14-9-12(26-11-13(10-22-23-21)31-19(26)28)1-2-15(14)24-5-7-25(8-6-24)18(33)16-3-4-17(32-16)27(29)30/h1-4,9,13H,5-8,10-11H2/t13-/m0/s1. The van der Waals surface area contributed by atoms with Gasteiger partial charge in [0.1, 0.15) is 21.8 Å². The van der Waals surface area contributed by atoms with Crippen LogP contribution in [0, 0.1) is 15.9 Å². The minimum absolute atomic E-state index is 0.0107. The summed E-state index contributed by atoms with van der Waals surface area (Å²) >= 11 is 5.39. The Balaban J connectivity index is 1.38. The molecule has 0 spiro atoms. The molecule has 0 aliphatic carbocycles. The second-order valence-corrected chi connectivity index (χ2v) is 7.73. The number of thiocarbonyl (C=S) groups is 1. The van der Waals surface area contributed by atoms with Crippen molar-refractivity contribution in [2.24, 2.45) is 5.11 Å². The van der Waals surface area contributed by atoms with Crippen LogP contribution in [0.2, 0.25) is 0 Å². The quantitative estimate of drug-likeness (QED) is 0.154. The molecular formula is C19H18FN7O5S. The van der Waals surface area contributed by atoms with Gasteiger partial charge in [-0.25, -0.2) is 9.18 Å². The van der Waals surface area contributed by atoms with Crippen LogP contribution >= 0.6 is 12.2 Å². The normalized spacial score (nSPS) is 18.2. The minimum Gasteiger partial charge on any atom is -0.444 e. The molecule has 0 N–H and O–H groups in total. The summed E-state index contributed by atoms with van der Waals surface area (Å²) in [6, 6.07) is 7.22. The molecule has 12 nitrogen and oxygen atoms in total. The van der Waals surface area contributed by atoms with Crippen LogP contribution in [0.15, 0.2) is 39.9 Å². The zero-order chi connectivity index (χ0) is 23.5. The fourth-order valence-corrected chi connectivity index (χ4v) is 4.01. The van der Waals surface area contributed by atoms with E-state index in [0.29, 0.717) is 42.5 Å². The number of nitro groups is 1. The van der Waals surface area contributed by atoms with Crippen LogP contribution in [-0.2, 0) is 4.74 Å². The molecule has 14 heteroatoms. The lowest BCUT2D eigenvalue weighted by molar-refractivity contribution is -0.402. The fraction of sp³-hybridized carbons (Fsp3) is 0.368. The Kier molecular flexibility index (Phi) is 6.29. The number of benzene rings is 1. The van der Waals surface area contributed by atoms with Crippen LogP contribution < -0.4 is 9.80 Å². The Morgan fingerprint density at radius 3 is 2.70 bits per heavy atom. The van der Waals surface area contributed by atoms with E-state index in [0.717, 1.165) is 0 Å². The van der Waals surface area contributed by atoms with Crippen LogP contribution in [-0.4, -0.2) is 66.3 Å². The molecule has 0 unspecified atom stereocenters. The molecule has 2 aromatic rings. The van der Waals surface area contributed by atoms with Gasteiger partial charge in [0.25, 0.3) is 0 Å². The van der Waals surface area contributed by atoms with Crippen molar-refractivity contribution in [2.75, 3.05) is 49.1 Å². The van der Waals surface area contributed by atoms with Crippen LogP contribution in [0.4, 0.5) is 26.4 Å². The van der Waals surface area contributed by atoms with E-state index in [-0.39, 0.29) is 24.7 Å². The Hall–Kier alpha value is -3.90. The molecule has 4 rings (SSSR count). The average molecular weight is 475 g/mol. The molecule has 2 saturated heterocycles. The molecule has 172 valence electrons. The van der Waals surface area contributed by atoms with E-state index in [1.54, 1.807) is 12.1 Å². The number of cyclic esters (lactones) is 1. The van der Waals surface area contributed by atoms with Gasteiger partial charge in [0, 0.05) is 31.1 Å². The Labute approximate surface area is 191 Å². The number of nitrogens with zero attached hydrogens (tertiary/aromatic N) is 7. The number of ether oxygens (including phenoxy) is 1. The fourth-order valence-electron chi connectivity index (χ4n) is 3.72. The molecule has 2 aliphatic rings. The summed E-state index contributed by atoms with van der Waals surface area (Å²) in [5, 5.41) is 14.2. The second-order valence-electron chi connectivity index (χ2n) is 7.34. The van der Waals surface area contributed by atoms with Crippen molar-refractivity contribution < 1.29 is 23.3 Å². The third-order valence-corrected chi connectivity index (χ3v) is 5.82. The maximum Gasteiger partial charge on any atom is 0.433 e. The third-order valence-electron chi connectivity index (χ3n) is 5.36. The molecule has 0 bridgehead atoms. The predicted molar refractivity (Wildman–Crippen MR) is 119 cm³/mol. The van der Waals surface area contributed by atoms with E-state index in [1.807, 2.05) is 9.80 Å². The maximum absolute atomic E-state index is 14.9. The molecule has 1 amide bonds. The molecule has 1 aromatic heterocycles. The molecular weight excluding hydrogens is 457 g/mol. The van der Waals surface area contributed by atoms with E-state index in [2.05, 4.69) is 10.0 Å². The number of piperazine rings is 1. The lowest BCUT2D eigenvalue weighted by Gasteiger charge is -2.37. The molecule has 33 heavy (non-hydrogen) atoms. The smallest absolute Gasteiger partial charge is 0.433 e. The summed E-state index contributed by atoms with van der Waals surface area (Å²) in [6.07, 6.45) is -1.20. The summed E-state index contributed by atoms with van der Waals surface area (Å²) in [6.45, 7) is 2.08. The Morgan fingerprint density at radius 2 is 2.06 bits per heavy atom. The van der Waals surface area contributed by atoms with Crippen molar-refractivity contribution in [3.63, 3.8) is 0 Å². The van der Waals surface area contributed by atoms with Gasteiger partial charge in [-0.05, 0) is 29.8 Å². The van der Waals surface area contributed by atoms with Crippen molar-refractivity contribution in [3.8, 4) is 0 Å². The van der Waals surface area contributed by atoms with Gasteiger partial charge in [-0.2, -0.15) is 0 Å². The number of rotatable bonds is 6. The van der Waals surface area contributed by atoms with Crippen molar-refractivity contribution in [1.82, 2.24) is 4.90 Å². The van der Waals surface area contributed by atoms with Crippen molar-refractivity contribution in [1.29, 1.82) is 0 Å². The number of carbonyl (C=O) groups excluding carboxylic acids is 1. The molecule has 0 radical (unpaired) electrons. The minimum atomic E-state index is -0.626. The number of anilines is 2. The van der Waals surface area contributed by atoms with E-state index < -0.39 is 22.9 Å². The van der Waals surface area contributed by atoms with Gasteiger partial charge in [-0.15, -0.1) is 0 Å². The van der Waals surface area contributed by atoms with Gasteiger partial charge in [-0.3, -0.25) is 15.0 Å². The lowest BCUT2D eigenvalue weighted by Crippen LogP contribution is -2.48. The summed E-state index contributed by atoms with van der Waals surface area (Å²) < 4.78 is 25.2. The van der Waals surface area contributed by atoms with E-state index in [9.17, 15) is 19.3 Å². The van der Waals surface area contributed by atoms with Crippen LogP contribution in [0.1, 0.15) is 5.76 Å². The third kappa shape index (κ3) is 4.66. The highest BCUT2D eigenvalue weighted by molar-refractivity contribution is 7.80. The van der Waals surface area contributed by atoms with Crippen molar-refractivity contribution in [2.45, 2.75) is 6.10 Å². The first-order valence-electron chi connectivity index (χ1n) is 9.94. The number of azide groups is 1. The second kappa shape index (κ2) is 9.30. The van der Waals surface area contributed by atoms with E-state index in [1.165, 1.54) is 23.1 Å². The first-order valence-corrected chi connectivity index (χ1v) is 10.3. The van der Waals surface area contributed by atoms with Crippen LogP contribution in [0.5, 0.6) is 0 Å². The zero-order valence-corrected chi connectivity index (χ0v) is 18.0. The molecule has 2 aliphatic heterocycles. The van der Waals surface area contributed by atoms with E-state index >= 15 is 0 Å². The van der Waals surface area contributed by atoms with Gasteiger partial charge in [0.15, 0.2) is 5.76 Å². The summed E-state index contributed by atoms with van der Waals surface area (Å²) in [5.41, 5.74) is 9.14. The Bertz CT molecular complexity index is 1140. The van der Waals surface area contributed by atoms with E-state index in [4.69, 9.17) is 26.9 Å². The lowest BCUT2D eigenvalue weighted by atomic mass is 10.2. The highest BCUT2D eigenvalue weighted by Crippen LogP contribution is 2.29. The molecule has 0 saturated carbocycles. The molecule has 2 fully saturated rings. The van der Waals surface area contributed by atoms with Crippen LogP contribution in [0.3, 0.4) is 0 Å².